The summed E-state index contributed by atoms with van der Waals surface area (Å²) in [5.41, 5.74) is 7.46. The molecule has 0 spiro atoms. The molecule has 3 nitrogen and oxygen atoms in total. The van der Waals surface area contributed by atoms with Crippen LogP contribution in [0.3, 0.4) is 0 Å². The van der Waals surface area contributed by atoms with E-state index in [1.54, 1.807) is 12.1 Å². The molecule has 0 amide bonds. The lowest BCUT2D eigenvalue weighted by Gasteiger charge is -2.25. The molecule has 0 fully saturated rings. The molecular formula is C16H16ClNO2. The van der Waals surface area contributed by atoms with Crippen molar-refractivity contribution in [1.82, 2.24) is 0 Å². The Kier molecular flexibility index (Phi) is 3.70. The quantitative estimate of drug-likeness (QED) is 0.873. The highest BCUT2D eigenvalue weighted by molar-refractivity contribution is 6.33. The molecule has 3 rings (SSSR count). The number of anilines is 1. The maximum absolute atomic E-state index is 5.99. The first kappa shape index (κ1) is 13.1. The van der Waals surface area contributed by atoms with Crippen molar-refractivity contribution in [2.24, 2.45) is 0 Å². The van der Waals surface area contributed by atoms with Gasteiger partial charge in [-0.05, 0) is 24.6 Å². The summed E-state index contributed by atoms with van der Waals surface area (Å²) in [5.74, 6) is 2.05. The Morgan fingerprint density at radius 2 is 2.10 bits per heavy atom. The molecule has 0 saturated carbocycles. The molecule has 1 heterocycles. The largest absolute Gasteiger partial charge is 0.493 e. The molecule has 1 unspecified atom stereocenters. The summed E-state index contributed by atoms with van der Waals surface area (Å²) in [6.45, 7) is 1.34. The first-order chi connectivity index (χ1) is 9.74. The van der Waals surface area contributed by atoms with Crippen LogP contribution in [0.2, 0.25) is 5.02 Å². The fourth-order valence-corrected chi connectivity index (χ4v) is 2.55. The van der Waals surface area contributed by atoms with E-state index in [1.807, 2.05) is 24.3 Å². The molecule has 4 heteroatoms. The van der Waals surface area contributed by atoms with E-state index in [9.17, 15) is 0 Å². The van der Waals surface area contributed by atoms with Gasteiger partial charge < -0.3 is 15.2 Å². The molecule has 2 N–H and O–H groups in total. The maximum atomic E-state index is 5.99. The minimum Gasteiger partial charge on any atom is -0.493 e. The second kappa shape index (κ2) is 5.63. The van der Waals surface area contributed by atoms with Crippen LogP contribution in [-0.2, 0) is 0 Å². The Labute approximate surface area is 123 Å². The Bertz CT molecular complexity index is 615. The van der Waals surface area contributed by atoms with Gasteiger partial charge in [0.25, 0.3) is 0 Å². The number of ether oxygens (including phenoxy) is 2. The van der Waals surface area contributed by atoms with E-state index in [1.165, 1.54) is 5.56 Å². The first-order valence-electron chi connectivity index (χ1n) is 6.63. The molecule has 0 aliphatic carbocycles. The van der Waals surface area contributed by atoms with Crippen molar-refractivity contribution in [3.05, 3.63) is 53.1 Å². The molecule has 0 aromatic heterocycles. The molecule has 0 bridgehead atoms. The summed E-state index contributed by atoms with van der Waals surface area (Å²) >= 11 is 5.99. The van der Waals surface area contributed by atoms with Gasteiger partial charge in [0.1, 0.15) is 11.5 Å². The van der Waals surface area contributed by atoms with Crippen LogP contribution in [0.1, 0.15) is 17.9 Å². The van der Waals surface area contributed by atoms with Crippen molar-refractivity contribution >= 4 is 17.3 Å². The smallest absolute Gasteiger partial charge is 0.122 e. The summed E-state index contributed by atoms with van der Waals surface area (Å²) in [6, 6.07) is 13.5. The number of benzene rings is 2. The molecule has 2 aromatic rings. The van der Waals surface area contributed by atoms with Gasteiger partial charge in [-0.25, -0.2) is 0 Å². The number of nitrogen functional groups attached to an aromatic ring is 1. The number of para-hydroxylation sites is 1. The van der Waals surface area contributed by atoms with Crippen molar-refractivity contribution in [3.63, 3.8) is 0 Å². The summed E-state index contributed by atoms with van der Waals surface area (Å²) in [7, 11) is 0. The monoisotopic (exact) mass is 289 g/mol. The van der Waals surface area contributed by atoms with Gasteiger partial charge in [-0.15, -0.1) is 0 Å². The van der Waals surface area contributed by atoms with Gasteiger partial charge in [-0.1, -0.05) is 29.8 Å². The number of nitrogens with two attached hydrogens (primary N) is 1. The highest BCUT2D eigenvalue weighted by Crippen LogP contribution is 2.34. The Morgan fingerprint density at radius 1 is 1.25 bits per heavy atom. The third-order valence-corrected chi connectivity index (χ3v) is 3.83. The van der Waals surface area contributed by atoms with Crippen LogP contribution in [0.15, 0.2) is 42.5 Å². The highest BCUT2D eigenvalue weighted by Gasteiger charge is 2.21. The molecule has 20 heavy (non-hydrogen) atoms. The van der Waals surface area contributed by atoms with E-state index in [0.717, 1.165) is 24.5 Å². The topological polar surface area (TPSA) is 44.5 Å². The zero-order valence-corrected chi connectivity index (χ0v) is 11.8. The van der Waals surface area contributed by atoms with E-state index in [4.69, 9.17) is 26.8 Å². The fraction of sp³-hybridized carbons (Fsp3) is 0.250. The Morgan fingerprint density at radius 3 is 2.95 bits per heavy atom. The first-order valence-corrected chi connectivity index (χ1v) is 7.01. The van der Waals surface area contributed by atoms with Crippen LogP contribution >= 0.6 is 11.6 Å². The predicted octanol–water partition coefficient (Wildman–Crippen LogP) is 3.87. The molecular weight excluding hydrogens is 274 g/mol. The van der Waals surface area contributed by atoms with Crippen molar-refractivity contribution < 1.29 is 9.47 Å². The lowest BCUT2D eigenvalue weighted by atomic mass is 9.94. The minimum absolute atomic E-state index is 0.344. The molecule has 1 atom stereocenters. The van der Waals surface area contributed by atoms with Gasteiger partial charge in [0.2, 0.25) is 0 Å². The maximum Gasteiger partial charge on any atom is 0.122 e. The molecule has 1 aliphatic rings. The third kappa shape index (κ3) is 2.68. The van der Waals surface area contributed by atoms with Crippen LogP contribution in [0.25, 0.3) is 0 Å². The molecule has 0 saturated heterocycles. The lowest BCUT2D eigenvalue weighted by molar-refractivity contribution is 0.217. The van der Waals surface area contributed by atoms with Gasteiger partial charge in [-0.3, -0.25) is 0 Å². The second-order valence-corrected chi connectivity index (χ2v) is 5.27. The number of hydrogen-bond donors (Lipinski definition) is 1. The molecule has 0 radical (unpaired) electrons. The van der Waals surface area contributed by atoms with Crippen molar-refractivity contribution in [3.8, 4) is 11.5 Å². The van der Waals surface area contributed by atoms with Crippen LogP contribution in [0.4, 0.5) is 5.69 Å². The van der Waals surface area contributed by atoms with E-state index in [-0.39, 0.29) is 0 Å². The van der Waals surface area contributed by atoms with E-state index in [0.29, 0.717) is 23.2 Å². The Balaban J connectivity index is 1.71. The zero-order chi connectivity index (χ0) is 13.9. The standard InChI is InChI=1S/C16H16ClNO2/c17-14-9-12(5-6-15(14)18)20-10-11-7-8-19-16-4-2-1-3-13(11)16/h1-6,9,11H,7-8,10,18H2. The molecule has 104 valence electrons. The van der Waals surface area contributed by atoms with E-state index in [2.05, 4.69) is 6.07 Å². The van der Waals surface area contributed by atoms with E-state index >= 15 is 0 Å². The van der Waals surface area contributed by atoms with Gasteiger partial charge >= 0.3 is 0 Å². The normalized spacial score (nSPS) is 17.1. The lowest BCUT2D eigenvalue weighted by Crippen LogP contribution is -2.19. The van der Waals surface area contributed by atoms with Gasteiger partial charge in [0.15, 0.2) is 0 Å². The predicted molar refractivity (Wildman–Crippen MR) is 80.7 cm³/mol. The van der Waals surface area contributed by atoms with Crippen molar-refractivity contribution in [2.75, 3.05) is 18.9 Å². The molecule has 2 aromatic carbocycles. The SMILES string of the molecule is Nc1ccc(OCC2CCOc3ccccc32)cc1Cl. The Hall–Kier alpha value is -1.87. The van der Waals surface area contributed by atoms with Crippen LogP contribution in [-0.4, -0.2) is 13.2 Å². The highest BCUT2D eigenvalue weighted by atomic mass is 35.5. The van der Waals surface area contributed by atoms with Crippen molar-refractivity contribution in [1.29, 1.82) is 0 Å². The van der Waals surface area contributed by atoms with Crippen LogP contribution in [0, 0.1) is 0 Å². The van der Waals surface area contributed by atoms with Gasteiger partial charge in [-0.2, -0.15) is 0 Å². The third-order valence-electron chi connectivity index (χ3n) is 3.51. The number of halogens is 1. The van der Waals surface area contributed by atoms with Crippen molar-refractivity contribution in [2.45, 2.75) is 12.3 Å². The summed E-state index contributed by atoms with van der Waals surface area (Å²) in [4.78, 5) is 0. The number of fused-ring (bicyclic) bond motifs is 1. The number of hydrogen-bond acceptors (Lipinski definition) is 3. The van der Waals surface area contributed by atoms with Gasteiger partial charge in [0.05, 0.1) is 23.9 Å². The average molecular weight is 290 g/mol. The fourth-order valence-electron chi connectivity index (χ4n) is 2.38. The summed E-state index contributed by atoms with van der Waals surface area (Å²) in [6.07, 6.45) is 0.958. The summed E-state index contributed by atoms with van der Waals surface area (Å²) < 4.78 is 11.5. The van der Waals surface area contributed by atoms with Gasteiger partial charge in [0, 0.05) is 17.5 Å². The zero-order valence-electron chi connectivity index (χ0n) is 11.0. The van der Waals surface area contributed by atoms with Crippen LogP contribution < -0.4 is 15.2 Å². The van der Waals surface area contributed by atoms with E-state index < -0.39 is 0 Å². The molecule has 1 aliphatic heterocycles. The summed E-state index contributed by atoms with van der Waals surface area (Å²) in [5, 5.41) is 0.523. The second-order valence-electron chi connectivity index (χ2n) is 4.87. The van der Waals surface area contributed by atoms with Crippen LogP contribution in [0.5, 0.6) is 11.5 Å². The average Bonchev–Trinajstić information content (AvgIpc) is 2.48. The number of rotatable bonds is 3. The minimum atomic E-state index is 0.344.